The van der Waals surface area contributed by atoms with Gasteiger partial charge in [0, 0.05) is 24.3 Å². The van der Waals surface area contributed by atoms with Gasteiger partial charge in [-0.2, -0.15) is 0 Å². The zero-order valence-corrected chi connectivity index (χ0v) is 14.8. The quantitative estimate of drug-likeness (QED) is 0.779. The minimum Gasteiger partial charge on any atom is -0.367 e. The van der Waals surface area contributed by atoms with Crippen molar-refractivity contribution in [2.75, 3.05) is 16.8 Å². The molecule has 1 saturated carbocycles. The van der Waals surface area contributed by atoms with E-state index in [0.29, 0.717) is 6.04 Å². The van der Waals surface area contributed by atoms with Crippen LogP contribution in [0.3, 0.4) is 0 Å². The van der Waals surface area contributed by atoms with Crippen LogP contribution in [-0.4, -0.2) is 22.6 Å². The monoisotopic (exact) mass is 324 g/mol. The Bertz CT molecular complexity index is 633. The third-order valence-corrected chi connectivity index (χ3v) is 4.69. The van der Waals surface area contributed by atoms with Crippen molar-refractivity contribution in [3.8, 4) is 0 Å². The highest BCUT2D eigenvalue weighted by Crippen LogP contribution is 2.26. The van der Waals surface area contributed by atoms with Gasteiger partial charge in [0.2, 0.25) is 0 Å². The van der Waals surface area contributed by atoms with Gasteiger partial charge < -0.3 is 10.2 Å². The predicted octanol–water partition coefficient (Wildman–Crippen LogP) is 5.08. The topological polar surface area (TPSA) is 41.0 Å². The van der Waals surface area contributed by atoms with Crippen molar-refractivity contribution in [3.63, 3.8) is 0 Å². The van der Waals surface area contributed by atoms with E-state index in [1.165, 1.54) is 44.2 Å². The lowest BCUT2D eigenvalue weighted by atomic mass is 10.1. The van der Waals surface area contributed by atoms with Gasteiger partial charge in [0.25, 0.3) is 0 Å². The molecule has 1 aliphatic rings. The number of nitrogens with zero attached hydrogens (tertiary/aromatic N) is 3. The van der Waals surface area contributed by atoms with Crippen LogP contribution in [0.5, 0.6) is 0 Å². The summed E-state index contributed by atoms with van der Waals surface area (Å²) in [5, 5.41) is 3.65. The van der Waals surface area contributed by atoms with Gasteiger partial charge in [0.05, 0.1) is 0 Å². The molecule has 1 aliphatic carbocycles. The number of aromatic nitrogens is 2. The highest BCUT2D eigenvalue weighted by Gasteiger charge is 2.15. The molecule has 0 aliphatic heterocycles. The fourth-order valence-corrected chi connectivity index (χ4v) is 3.48. The Kier molecular flexibility index (Phi) is 5.68. The predicted molar refractivity (Wildman–Crippen MR) is 101 cm³/mol. The molecule has 0 unspecified atom stereocenters. The van der Waals surface area contributed by atoms with Gasteiger partial charge in [-0.15, -0.1) is 0 Å². The number of hydrogen-bond donors (Lipinski definition) is 1. The van der Waals surface area contributed by atoms with Crippen molar-refractivity contribution in [2.45, 2.75) is 58.4 Å². The molecule has 1 heterocycles. The van der Waals surface area contributed by atoms with Crippen LogP contribution in [0.4, 0.5) is 17.3 Å². The second-order valence-electron chi connectivity index (χ2n) is 6.57. The number of para-hydroxylation sites is 1. The first kappa shape index (κ1) is 16.7. The summed E-state index contributed by atoms with van der Waals surface area (Å²) in [7, 11) is 0. The maximum atomic E-state index is 4.67. The summed E-state index contributed by atoms with van der Waals surface area (Å²) in [6.45, 7) is 5.01. The van der Waals surface area contributed by atoms with Crippen LogP contribution in [0.15, 0.2) is 36.4 Å². The molecule has 1 aromatic carbocycles. The van der Waals surface area contributed by atoms with Crippen molar-refractivity contribution in [1.82, 2.24) is 9.97 Å². The average Bonchev–Trinajstić information content (AvgIpc) is 2.85. The number of benzene rings is 1. The summed E-state index contributed by atoms with van der Waals surface area (Å²) in [4.78, 5) is 11.5. The molecule has 4 nitrogen and oxygen atoms in total. The van der Waals surface area contributed by atoms with Crippen molar-refractivity contribution in [1.29, 1.82) is 0 Å². The Morgan fingerprint density at radius 2 is 1.75 bits per heavy atom. The minimum absolute atomic E-state index is 0.543. The zero-order valence-electron chi connectivity index (χ0n) is 14.8. The van der Waals surface area contributed by atoms with Gasteiger partial charge in [0.1, 0.15) is 17.5 Å². The molecule has 0 spiro atoms. The van der Waals surface area contributed by atoms with Crippen molar-refractivity contribution in [3.05, 3.63) is 42.2 Å². The van der Waals surface area contributed by atoms with Crippen LogP contribution in [0, 0.1) is 6.92 Å². The summed E-state index contributed by atoms with van der Waals surface area (Å²) in [6.07, 6.45) is 7.86. The molecule has 4 heteroatoms. The Morgan fingerprint density at radius 1 is 1.04 bits per heavy atom. The summed E-state index contributed by atoms with van der Waals surface area (Å²) < 4.78 is 0. The molecule has 128 valence electrons. The molecule has 3 rings (SSSR count). The summed E-state index contributed by atoms with van der Waals surface area (Å²) >= 11 is 0. The molecule has 1 N–H and O–H groups in total. The Labute approximate surface area is 145 Å². The number of rotatable bonds is 5. The molecular weight excluding hydrogens is 296 g/mol. The van der Waals surface area contributed by atoms with Crippen LogP contribution in [0.25, 0.3) is 0 Å². The lowest BCUT2D eigenvalue weighted by Crippen LogP contribution is -2.21. The largest absolute Gasteiger partial charge is 0.367 e. The SMILES string of the molecule is CCN(c1ccccc1)c1cc(NC2CCCCCC2)nc(C)n1. The van der Waals surface area contributed by atoms with Gasteiger partial charge in [-0.3, -0.25) is 0 Å². The highest BCUT2D eigenvalue weighted by molar-refractivity contribution is 5.62. The number of aryl methyl sites for hydroxylation is 1. The van der Waals surface area contributed by atoms with Gasteiger partial charge in [-0.05, 0) is 38.8 Å². The third kappa shape index (κ3) is 4.25. The molecule has 24 heavy (non-hydrogen) atoms. The Hall–Kier alpha value is -2.10. The van der Waals surface area contributed by atoms with Gasteiger partial charge in [-0.1, -0.05) is 43.9 Å². The third-order valence-electron chi connectivity index (χ3n) is 4.69. The molecule has 1 fully saturated rings. The Morgan fingerprint density at radius 3 is 2.42 bits per heavy atom. The first-order valence-corrected chi connectivity index (χ1v) is 9.21. The number of anilines is 3. The van der Waals surface area contributed by atoms with Gasteiger partial charge >= 0.3 is 0 Å². The lowest BCUT2D eigenvalue weighted by Gasteiger charge is -2.24. The van der Waals surface area contributed by atoms with Crippen molar-refractivity contribution < 1.29 is 0 Å². The van der Waals surface area contributed by atoms with Crippen LogP contribution >= 0.6 is 0 Å². The fraction of sp³-hybridized carbons (Fsp3) is 0.500. The first-order chi connectivity index (χ1) is 11.8. The van der Waals surface area contributed by atoms with E-state index in [0.717, 1.165) is 24.0 Å². The minimum atomic E-state index is 0.543. The maximum absolute atomic E-state index is 4.67. The molecule has 2 aromatic rings. The van der Waals surface area contributed by atoms with E-state index < -0.39 is 0 Å². The molecule has 0 saturated heterocycles. The number of nitrogens with one attached hydrogen (secondary N) is 1. The molecule has 0 atom stereocenters. The van der Waals surface area contributed by atoms with E-state index in [-0.39, 0.29) is 0 Å². The fourth-order valence-electron chi connectivity index (χ4n) is 3.48. The Balaban J connectivity index is 1.82. The second-order valence-corrected chi connectivity index (χ2v) is 6.57. The van der Waals surface area contributed by atoms with Crippen molar-refractivity contribution in [2.24, 2.45) is 0 Å². The van der Waals surface area contributed by atoms with Crippen molar-refractivity contribution >= 4 is 17.3 Å². The maximum Gasteiger partial charge on any atom is 0.138 e. The number of hydrogen-bond acceptors (Lipinski definition) is 4. The molecule has 1 aromatic heterocycles. The summed E-state index contributed by atoms with van der Waals surface area (Å²) in [6, 6.07) is 13.1. The first-order valence-electron chi connectivity index (χ1n) is 9.21. The van der Waals surface area contributed by atoms with E-state index in [4.69, 9.17) is 0 Å². The van der Waals surface area contributed by atoms with Crippen LogP contribution in [0.2, 0.25) is 0 Å². The standard InChI is InChI=1S/C20H28N4/c1-3-24(18-13-9-6-10-14-18)20-15-19(21-16(2)22-20)23-17-11-7-4-5-8-12-17/h6,9-10,13-15,17H,3-5,7-8,11-12H2,1-2H3,(H,21,22,23). The molecule has 0 amide bonds. The van der Waals surface area contributed by atoms with E-state index in [1.807, 2.05) is 13.0 Å². The summed E-state index contributed by atoms with van der Waals surface area (Å²) in [5.41, 5.74) is 1.17. The lowest BCUT2D eigenvalue weighted by molar-refractivity contribution is 0.617. The van der Waals surface area contributed by atoms with Crippen LogP contribution < -0.4 is 10.2 Å². The van der Waals surface area contributed by atoms with E-state index in [1.54, 1.807) is 0 Å². The average molecular weight is 324 g/mol. The second kappa shape index (κ2) is 8.13. The molecule has 0 bridgehead atoms. The van der Waals surface area contributed by atoms with Crippen LogP contribution in [-0.2, 0) is 0 Å². The van der Waals surface area contributed by atoms with Crippen LogP contribution in [0.1, 0.15) is 51.3 Å². The molecular formula is C20H28N4. The van der Waals surface area contributed by atoms with E-state index in [2.05, 4.69) is 57.4 Å². The van der Waals surface area contributed by atoms with E-state index in [9.17, 15) is 0 Å². The molecule has 0 radical (unpaired) electrons. The zero-order chi connectivity index (χ0) is 16.8. The van der Waals surface area contributed by atoms with Gasteiger partial charge in [-0.25, -0.2) is 9.97 Å². The summed E-state index contributed by atoms with van der Waals surface area (Å²) in [5.74, 6) is 2.74. The normalized spacial score (nSPS) is 15.8. The highest BCUT2D eigenvalue weighted by atomic mass is 15.2. The van der Waals surface area contributed by atoms with Gasteiger partial charge in [0.15, 0.2) is 0 Å². The smallest absolute Gasteiger partial charge is 0.138 e. The van der Waals surface area contributed by atoms with E-state index >= 15 is 0 Å².